The van der Waals surface area contributed by atoms with Crippen LogP contribution in [0.15, 0.2) is 48.5 Å². The lowest BCUT2D eigenvalue weighted by Crippen LogP contribution is -2.36. The van der Waals surface area contributed by atoms with E-state index in [9.17, 15) is 4.79 Å². The van der Waals surface area contributed by atoms with Crippen LogP contribution in [0.4, 0.5) is 11.4 Å². The largest absolute Gasteiger partial charge is 0.378 e. The molecule has 150 valence electrons. The lowest BCUT2D eigenvalue weighted by atomic mass is 10.1. The van der Waals surface area contributed by atoms with Gasteiger partial charge in [-0.25, -0.2) is 0 Å². The number of anilines is 2. The fraction of sp³-hybridized carbons (Fsp3) is 0.375. The highest BCUT2D eigenvalue weighted by atomic mass is 16.5. The van der Waals surface area contributed by atoms with Crippen molar-refractivity contribution >= 4 is 17.3 Å². The van der Waals surface area contributed by atoms with Crippen LogP contribution in [0.5, 0.6) is 0 Å². The summed E-state index contributed by atoms with van der Waals surface area (Å²) in [7, 11) is 0. The van der Waals surface area contributed by atoms with Crippen LogP contribution in [0.3, 0.4) is 0 Å². The molecular formula is C24H27N3O2. The SMILES string of the molecule is C#CCN(CC(=O)Nc1ccc(N2CCOCC2)cc1)C1CCc2ccccc21. The lowest BCUT2D eigenvalue weighted by Gasteiger charge is -2.29. The summed E-state index contributed by atoms with van der Waals surface area (Å²) in [5.41, 5.74) is 4.62. The quantitative estimate of drug-likeness (QED) is 0.772. The molecule has 1 N–H and O–H groups in total. The molecule has 1 fully saturated rings. The van der Waals surface area contributed by atoms with Gasteiger partial charge in [-0.15, -0.1) is 6.42 Å². The van der Waals surface area contributed by atoms with Crippen molar-refractivity contribution < 1.29 is 9.53 Å². The summed E-state index contributed by atoms with van der Waals surface area (Å²) >= 11 is 0. The van der Waals surface area contributed by atoms with Crippen LogP contribution in [0.25, 0.3) is 0 Å². The van der Waals surface area contributed by atoms with Crippen molar-refractivity contribution in [1.29, 1.82) is 0 Å². The first kappa shape index (κ1) is 19.5. The number of amides is 1. The van der Waals surface area contributed by atoms with Crippen molar-refractivity contribution in [3.05, 3.63) is 59.7 Å². The first-order chi connectivity index (χ1) is 14.2. The molecule has 0 aromatic heterocycles. The molecule has 0 bridgehead atoms. The highest BCUT2D eigenvalue weighted by Crippen LogP contribution is 2.35. The van der Waals surface area contributed by atoms with E-state index in [0.717, 1.165) is 50.5 Å². The molecule has 2 aliphatic rings. The van der Waals surface area contributed by atoms with Crippen LogP contribution in [0, 0.1) is 12.3 Å². The number of nitrogens with zero attached hydrogens (tertiary/aromatic N) is 2. The predicted octanol–water partition coefficient (Wildman–Crippen LogP) is 3.08. The van der Waals surface area contributed by atoms with Gasteiger partial charge in [0.15, 0.2) is 0 Å². The average Bonchev–Trinajstić information content (AvgIpc) is 3.19. The number of terminal acetylenes is 1. The molecule has 1 aliphatic carbocycles. The number of rotatable bonds is 6. The number of hydrogen-bond acceptors (Lipinski definition) is 4. The molecule has 1 aliphatic heterocycles. The molecule has 1 unspecified atom stereocenters. The summed E-state index contributed by atoms with van der Waals surface area (Å²) in [6.07, 6.45) is 7.63. The van der Waals surface area contributed by atoms with Crippen LogP contribution < -0.4 is 10.2 Å². The Kier molecular flexibility index (Phi) is 6.14. The molecule has 29 heavy (non-hydrogen) atoms. The Bertz CT molecular complexity index is 882. The van der Waals surface area contributed by atoms with Gasteiger partial charge in [0.25, 0.3) is 0 Å². The monoisotopic (exact) mass is 389 g/mol. The smallest absolute Gasteiger partial charge is 0.238 e. The van der Waals surface area contributed by atoms with Crippen molar-refractivity contribution in [3.8, 4) is 12.3 Å². The molecule has 5 heteroatoms. The van der Waals surface area contributed by atoms with E-state index in [-0.39, 0.29) is 18.5 Å². The van der Waals surface area contributed by atoms with E-state index >= 15 is 0 Å². The van der Waals surface area contributed by atoms with Gasteiger partial charge in [-0.2, -0.15) is 0 Å². The number of nitrogens with one attached hydrogen (secondary N) is 1. The van der Waals surface area contributed by atoms with Crippen LogP contribution in [-0.4, -0.2) is 50.2 Å². The number of hydrogen-bond donors (Lipinski definition) is 1. The van der Waals surface area contributed by atoms with Gasteiger partial charge in [-0.3, -0.25) is 9.69 Å². The molecule has 2 aromatic carbocycles. The molecule has 0 radical (unpaired) electrons. The number of fused-ring (bicyclic) bond motifs is 1. The second-order valence-corrected chi connectivity index (χ2v) is 7.56. The molecule has 1 atom stereocenters. The fourth-order valence-corrected chi connectivity index (χ4v) is 4.27. The molecule has 2 aromatic rings. The van der Waals surface area contributed by atoms with E-state index in [2.05, 4.69) is 45.3 Å². The number of carbonyl (C=O) groups is 1. The highest BCUT2D eigenvalue weighted by Gasteiger charge is 2.28. The average molecular weight is 389 g/mol. The van der Waals surface area contributed by atoms with Crippen LogP contribution in [0.1, 0.15) is 23.6 Å². The lowest BCUT2D eigenvalue weighted by molar-refractivity contribution is -0.117. The number of benzene rings is 2. The summed E-state index contributed by atoms with van der Waals surface area (Å²) in [6, 6.07) is 16.7. The molecule has 1 saturated heterocycles. The van der Waals surface area contributed by atoms with Crippen molar-refractivity contribution in [2.45, 2.75) is 18.9 Å². The number of aryl methyl sites for hydroxylation is 1. The van der Waals surface area contributed by atoms with E-state index in [1.54, 1.807) is 0 Å². The first-order valence-electron chi connectivity index (χ1n) is 10.2. The molecule has 5 nitrogen and oxygen atoms in total. The van der Waals surface area contributed by atoms with E-state index in [1.807, 2.05) is 24.3 Å². The zero-order valence-corrected chi connectivity index (χ0v) is 16.6. The highest BCUT2D eigenvalue weighted by molar-refractivity contribution is 5.92. The predicted molar refractivity (Wildman–Crippen MR) is 116 cm³/mol. The molecular weight excluding hydrogens is 362 g/mol. The maximum atomic E-state index is 12.7. The maximum absolute atomic E-state index is 12.7. The van der Waals surface area contributed by atoms with E-state index in [1.165, 1.54) is 11.1 Å². The number of carbonyl (C=O) groups excluding carboxylic acids is 1. The Morgan fingerprint density at radius 1 is 1.17 bits per heavy atom. The van der Waals surface area contributed by atoms with Gasteiger partial charge in [-0.1, -0.05) is 30.2 Å². The standard InChI is InChI=1S/C24H27N3O2/c1-2-13-27(23-12-7-19-5-3-4-6-22(19)23)18-24(28)25-20-8-10-21(11-9-20)26-14-16-29-17-15-26/h1,3-6,8-11,23H,7,12-18H2,(H,25,28). The minimum atomic E-state index is -0.0382. The third-order valence-corrected chi connectivity index (χ3v) is 5.71. The fourth-order valence-electron chi connectivity index (χ4n) is 4.27. The van der Waals surface area contributed by atoms with Crippen molar-refractivity contribution in [3.63, 3.8) is 0 Å². The van der Waals surface area contributed by atoms with Crippen LogP contribution in [-0.2, 0) is 16.0 Å². The second-order valence-electron chi connectivity index (χ2n) is 7.56. The summed E-state index contributed by atoms with van der Waals surface area (Å²) in [5, 5.41) is 3.02. The number of morpholine rings is 1. The van der Waals surface area contributed by atoms with Gasteiger partial charge in [0, 0.05) is 30.5 Å². The van der Waals surface area contributed by atoms with Crippen LogP contribution in [0.2, 0.25) is 0 Å². The van der Waals surface area contributed by atoms with E-state index in [0.29, 0.717) is 6.54 Å². The molecule has 0 spiro atoms. The van der Waals surface area contributed by atoms with Gasteiger partial charge in [-0.05, 0) is 48.2 Å². The Labute approximate surface area is 172 Å². The minimum Gasteiger partial charge on any atom is -0.378 e. The van der Waals surface area contributed by atoms with E-state index < -0.39 is 0 Å². The Morgan fingerprint density at radius 2 is 1.93 bits per heavy atom. The Hall–Kier alpha value is -2.81. The zero-order chi connectivity index (χ0) is 20.1. The second kappa shape index (κ2) is 9.13. The van der Waals surface area contributed by atoms with Gasteiger partial charge in [0.2, 0.25) is 5.91 Å². The summed E-state index contributed by atoms with van der Waals surface area (Å²) in [5.74, 6) is 2.68. The third-order valence-electron chi connectivity index (χ3n) is 5.71. The van der Waals surface area contributed by atoms with Crippen molar-refractivity contribution in [1.82, 2.24) is 4.90 Å². The Morgan fingerprint density at radius 3 is 2.69 bits per heavy atom. The topological polar surface area (TPSA) is 44.8 Å². The Balaban J connectivity index is 1.38. The first-order valence-corrected chi connectivity index (χ1v) is 10.2. The van der Waals surface area contributed by atoms with Gasteiger partial charge in [0.1, 0.15) is 0 Å². The molecule has 1 amide bonds. The van der Waals surface area contributed by atoms with Crippen molar-refractivity contribution in [2.24, 2.45) is 0 Å². The minimum absolute atomic E-state index is 0.0382. The third kappa shape index (κ3) is 4.61. The zero-order valence-electron chi connectivity index (χ0n) is 16.6. The summed E-state index contributed by atoms with van der Waals surface area (Å²) in [6.45, 7) is 4.06. The number of ether oxygens (including phenoxy) is 1. The summed E-state index contributed by atoms with van der Waals surface area (Å²) < 4.78 is 5.40. The maximum Gasteiger partial charge on any atom is 0.238 e. The normalized spacial score (nSPS) is 18.3. The van der Waals surface area contributed by atoms with Gasteiger partial charge in [0.05, 0.1) is 26.3 Å². The van der Waals surface area contributed by atoms with Gasteiger partial charge >= 0.3 is 0 Å². The van der Waals surface area contributed by atoms with Gasteiger partial charge < -0.3 is 15.0 Å². The molecule has 4 rings (SSSR count). The summed E-state index contributed by atoms with van der Waals surface area (Å²) in [4.78, 5) is 17.1. The molecule has 1 heterocycles. The van der Waals surface area contributed by atoms with Crippen LogP contribution >= 0.6 is 0 Å². The van der Waals surface area contributed by atoms with E-state index in [4.69, 9.17) is 11.2 Å². The molecule has 0 saturated carbocycles. The van der Waals surface area contributed by atoms with Crippen molar-refractivity contribution in [2.75, 3.05) is 49.6 Å².